The van der Waals surface area contributed by atoms with Crippen molar-refractivity contribution in [1.82, 2.24) is 0 Å². The standard InChI is InChI=1S/C15H14N2O3/c16-11-6-7-13(12(9-11)15(19)20)17-14(18)8-10-4-2-1-3-5-10/h1-7,9H,8,16H2,(H,17,18)(H,19,20). The van der Waals surface area contributed by atoms with Crippen molar-refractivity contribution in [2.45, 2.75) is 6.42 Å². The van der Waals surface area contributed by atoms with Crippen LogP contribution in [0, 0.1) is 0 Å². The van der Waals surface area contributed by atoms with E-state index in [-0.39, 0.29) is 23.6 Å². The molecule has 0 radical (unpaired) electrons. The zero-order valence-electron chi connectivity index (χ0n) is 10.7. The van der Waals surface area contributed by atoms with Crippen LogP contribution in [0.15, 0.2) is 48.5 Å². The van der Waals surface area contributed by atoms with Crippen LogP contribution in [0.5, 0.6) is 0 Å². The number of anilines is 2. The summed E-state index contributed by atoms with van der Waals surface area (Å²) in [6, 6.07) is 13.6. The van der Waals surface area contributed by atoms with Gasteiger partial charge in [0.25, 0.3) is 0 Å². The molecular formula is C15H14N2O3. The molecule has 0 atom stereocenters. The quantitative estimate of drug-likeness (QED) is 0.742. The Balaban J connectivity index is 2.14. The smallest absolute Gasteiger partial charge is 0.337 e. The molecule has 0 spiro atoms. The van der Waals surface area contributed by atoms with Gasteiger partial charge in [0.05, 0.1) is 17.7 Å². The van der Waals surface area contributed by atoms with E-state index in [4.69, 9.17) is 10.8 Å². The van der Waals surface area contributed by atoms with Crippen LogP contribution in [0.3, 0.4) is 0 Å². The predicted molar refractivity (Wildman–Crippen MR) is 76.6 cm³/mol. The van der Waals surface area contributed by atoms with Gasteiger partial charge in [-0.25, -0.2) is 4.79 Å². The van der Waals surface area contributed by atoms with Gasteiger partial charge in [-0.2, -0.15) is 0 Å². The number of amides is 1. The Hall–Kier alpha value is -2.82. The number of carboxylic acids is 1. The molecule has 5 nitrogen and oxygen atoms in total. The van der Waals surface area contributed by atoms with Crippen LogP contribution in [0.2, 0.25) is 0 Å². The maximum Gasteiger partial charge on any atom is 0.337 e. The molecule has 20 heavy (non-hydrogen) atoms. The molecule has 0 unspecified atom stereocenters. The number of aromatic carboxylic acids is 1. The highest BCUT2D eigenvalue weighted by molar-refractivity contribution is 6.01. The van der Waals surface area contributed by atoms with E-state index in [2.05, 4.69) is 5.32 Å². The van der Waals surface area contributed by atoms with Gasteiger partial charge in [-0.1, -0.05) is 30.3 Å². The summed E-state index contributed by atoms with van der Waals surface area (Å²) in [4.78, 5) is 23.0. The number of carbonyl (C=O) groups excluding carboxylic acids is 1. The van der Waals surface area contributed by atoms with Gasteiger partial charge < -0.3 is 16.2 Å². The number of hydrogen-bond acceptors (Lipinski definition) is 3. The predicted octanol–water partition coefficient (Wildman–Crippen LogP) is 2.15. The Morgan fingerprint density at radius 2 is 1.80 bits per heavy atom. The molecule has 4 N–H and O–H groups in total. The molecule has 0 aliphatic rings. The summed E-state index contributed by atoms with van der Waals surface area (Å²) in [7, 11) is 0. The monoisotopic (exact) mass is 270 g/mol. The third kappa shape index (κ3) is 3.35. The van der Waals surface area contributed by atoms with Crippen LogP contribution >= 0.6 is 0 Å². The molecule has 0 fully saturated rings. The van der Waals surface area contributed by atoms with Gasteiger partial charge in [0, 0.05) is 5.69 Å². The van der Waals surface area contributed by atoms with E-state index in [1.54, 1.807) is 6.07 Å². The fourth-order valence-electron chi connectivity index (χ4n) is 1.82. The highest BCUT2D eigenvalue weighted by atomic mass is 16.4. The van der Waals surface area contributed by atoms with E-state index < -0.39 is 5.97 Å². The number of nitrogens with one attached hydrogen (secondary N) is 1. The van der Waals surface area contributed by atoms with Crippen LogP contribution in [-0.2, 0) is 11.2 Å². The molecule has 2 aromatic rings. The lowest BCUT2D eigenvalue weighted by Gasteiger charge is -2.09. The van der Waals surface area contributed by atoms with E-state index in [0.29, 0.717) is 5.69 Å². The molecule has 0 aromatic heterocycles. The minimum absolute atomic E-state index is 0.0218. The van der Waals surface area contributed by atoms with Crippen molar-refractivity contribution >= 4 is 23.3 Å². The molecule has 0 saturated heterocycles. The topological polar surface area (TPSA) is 92.4 Å². The summed E-state index contributed by atoms with van der Waals surface area (Å²) < 4.78 is 0. The number of benzene rings is 2. The summed E-state index contributed by atoms with van der Waals surface area (Å²) in [6.07, 6.45) is 0.185. The van der Waals surface area contributed by atoms with E-state index in [1.807, 2.05) is 30.3 Å². The fraction of sp³-hybridized carbons (Fsp3) is 0.0667. The molecule has 1 amide bonds. The van der Waals surface area contributed by atoms with Gasteiger partial charge in [-0.3, -0.25) is 4.79 Å². The van der Waals surface area contributed by atoms with E-state index in [9.17, 15) is 9.59 Å². The van der Waals surface area contributed by atoms with Crippen molar-refractivity contribution in [2.75, 3.05) is 11.1 Å². The summed E-state index contributed by atoms with van der Waals surface area (Å²) in [6.45, 7) is 0. The van der Waals surface area contributed by atoms with Crippen molar-refractivity contribution < 1.29 is 14.7 Å². The lowest BCUT2D eigenvalue weighted by Crippen LogP contribution is -2.17. The van der Waals surface area contributed by atoms with Gasteiger partial charge in [0.1, 0.15) is 0 Å². The first-order valence-corrected chi connectivity index (χ1v) is 6.03. The van der Waals surface area contributed by atoms with Gasteiger partial charge in [0.15, 0.2) is 0 Å². The second kappa shape index (κ2) is 5.88. The summed E-state index contributed by atoms with van der Waals surface area (Å²) >= 11 is 0. The Labute approximate surface area is 116 Å². The van der Waals surface area contributed by atoms with Gasteiger partial charge in [-0.05, 0) is 23.8 Å². The first-order valence-electron chi connectivity index (χ1n) is 6.03. The van der Waals surface area contributed by atoms with Gasteiger partial charge in [-0.15, -0.1) is 0 Å². The van der Waals surface area contributed by atoms with Crippen molar-refractivity contribution in [3.8, 4) is 0 Å². The molecule has 2 rings (SSSR count). The molecule has 0 heterocycles. The number of nitrogen functional groups attached to an aromatic ring is 1. The van der Waals surface area contributed by atoms with Crippen LogP contribution in [-0.4, -0.2) is 17.0 Å². The lowest BCUT2D eigenvalue weighted by molar-refractivity contribution is -0.115. The summed E-state index contributed by atoms with van der Waals surface area (Å²) in [5.74, 6) is -1.41. The Morgan fingerprint density at radius 1 is 1.10 bits per heavy atom. The number of carboxylic acid groups (broad SMARTS) is 1. The van der Waals surface area contributed by atoms with Crippen LogP contribution in [0.25, 0.3) is 0 Å². The maximum atomic E-state index is 11.9. The van der Waals surface area contributed by atoms with Crippen molar-refractivity contribution in [2.24, 2.45) is 0 Å². The lowest BCUT2D eigenvalue weighted by atomic mass is 10.1. The zero-order valence-corrected chi connectivity index (χ0v) is 10.7. The van der Waals surface area contributed by atoms with Crippen molar-refractivity contribution in [3.05, 3.63) is 59.7 Å². The number of carbonyl (C=O) groups is 2. The third-order valence-electron chi connectivity index (χ3n) is 2.76. The normalized spacial score (nSPS) is 10.0. The Kier molecular flexibility index (Phi) is 4.00. The summed E-state index contributed by atoms with van der Waals surface area (Å²) in [5.41, 5.74) is 6.96. The second-order valence-corrected chi connectivity index (χ2v) is 4.32. The molecule has 0 aliphatic carbocycles. The molecule has 102 valence electrons. The number of rotatable bonds is 4. The van der Waals surface area contributed by atoms with E-state index >= 15 is 0 Å². The van der Waals surface area contributed by atoms with E-state index in [0.717, 1.165) is 5.56 Å². The highest BCUT2D eigenvalue weighted by Gasteiger charge is 2.13. The minimum atomic E-state index is -1.13. The largest absolute Gasteiger partial charge is 0.478 e. The Bertz CT molecular complexity index is 639. The van der Waals surface area contributed by atoms with Gasteiger partial charge >= 0.3 is 5.97 Å². The molecule has 0 saturated carbocycles. The third-order valence-corrected chi connectivity index (χ3v) is 2.76. The molecular weight excluding hydrogens is 256 g/mol. The van der Waals surface area contributed by atoms with Crippen molar-refractivity contribution in [1.29, 1.82) is 0 Å². The van der Waals surface area contributed by atoms with Crippen LogP contribution in [0.1, 0.15) is 15.9 Å². The molecule has 5 heteroatoms. The SMILES string of the molecule is Nc1ccc(NC(=O)Cc2ccccc2)c(C(=O)O)c1. The number of nitrogens with two attached hydrogens (primary N) is 1. The first-order chi connectivity index (χ1) is 9.56. The van der Waals surface area contributed by atoms with Crippen molar-refractivity contribution in [3.63, 3.8) is 0 Å². The first kappa shape index (κ1) is 13.6. The van der Waals surface area contributed by atoms with Crippen LogP contribution in [0.4, 0.5) is 11.4 Å². The van der Waals surface area contributed by atoms with Crippen LogP contribution < -0.4 is 11.1 Å². The Morgan fingerprint density at radius 3 is 2.45 bits per heavy atom. The molecule has 0 aliphatic heterocycles. The van der Waals surface area contributed by atoms with Gasteiger partial charge in [0.2, 0.25) is 5.91 Å². The zero-order chi connectivity index (χ0) is 14.5. The average Bonchev–Trinajstić information content (AvgIpc) is 2.41. The molecule has 0 bridgehead atoms. The molecule has 2 aromatic carbocycles. The minimum Gasteiger partial charge on any atom is -0.478 e. The number of hydrogen-bond donors (Lipinski definition) is 3. The summed E-state index contributed by atoms with van der Waals surface area (Å²) in [5, 5.41) is 11.7. The second-order valence-electron chi connectivity index (χ2n) is 4.32. The van der Waals surface area contributed by atoms with E-state index in [1.165, 1.54) is 12.1 Å². The maximum absolute atomic E-state index is 11.9. The fourth-order valence-corrected chi connectivity index (χ4v) is 1.82. The highest BCUT2D eigenvalue weighted by Crippen LogP contribution is 2.19. The average molecular weight is 270 g/mol.